The number of fused-ring (bicyclic) bond motifs is 2. The molecule has 1 saturated heterocycles. The molecular weight excluding hydrogens is 252 g/mol. The van der Waals surface area contributed by atoms with Crippen molar-refractivity contribution < 1.29 is 4.79 Å². The number of hydrogen-bond acceptors (Lipinski definition) is 4. The Morgan fingerprint density at radius 1 is 1.29 bits per heavy atom. The highest BCUT2D eigenvalue weighted by Crippen LogP contribution is 2.42. The summed E-state index contributed by atoms with van der Waals surface area (Å²) >= 11 is 3.89. The van der Waals surface area contributed by atoms with Crippen molar-refractivity contribution in [1.29, 1.82) is 0 Å². The normalized spacial score (nSPS) is 28.9. The third kappa shape index (κ3) is 1.78. The largest absolute Gasteiger partial charge is 0.363 e. The van der Waals surface area contributed by atoms with Crippen LogP contribution in [0.1, 0.15) is 13.8 Å². The fourth-order valence-corrected chi connectivity index (χ4v) is 5.19. The zero-order chi connectivity index (χ0) is 12.0. The van der Waals surface area contributed by atoms with Crippen molar-refractivity contribution in [2.45, 2.75) is 25.9 Å². The van der Waals surface area contributed by atoms with Gasteiger partial charge in [-0.15, -0.1) is 11.8 Å². The second-order valence-electron chi connectivity index (χ2n) is 4.94. The Morgan fingerprint density at radius 3 is 2.88 bits per heavy atom. The van der Waals surface area contributed by atoms with Gasteiger partial charge in [0, 0.05) is 41.3 Å². The average molecular weight is 270 g/mol. The molecule has 0 saturated carbocycles. The lowest BCUT2D eigenvalue weighted by molar-refractivity contribution is -0.128. The van der Waals surface area contributed by atoms with Crippen molar-refractivity contribution in [2.75, 3.05) is 30.3 Å². The third-order valence-corrected chi connectivity index (χ3v) is 5.81. The summed E-state index contributed by atoms with van der Waals surface area (Å²) in [5, 5.41) is 0. The maximum absolute atomic E-state index is 12.5. The first-order valence-electron chi connectivity index (χ1n) is 6.22. The van der Waals surface area contributed by atoms with Gasteiger partial charge in [-0.2, -0.15) is 11.8 Å². The van der Waals surface area contributed by atoms with Crippen LogP contribution >= 0.6 is 23.5 Å². The molecule has 0 spiro atoms. The summed E-state index contributed by atoms with van der Waals surface area (Å²) in [6, 6.07) is 0.807. The van der Waals surface area contributed by atoms with Crippen LogP contribution in [0.15, 0.2) is 10.6 Å². The smallest absolute Gasteiger partial charge is 0.271 e. The van der Waals surface area contributed by atoms with Gasteiger partial charge in [0.15, 0.2) is 0 Å². The molecular formula is C12H18N2OS2. The molecule has 3 aliphatic heterocycles. The minimum absolute atomic E-state index is 0.284. The second-order valence-corrected chi connectivity index (χ2v) is 7.22. The minimum Gasteiger partial charge on any atom is -0.363 e. The summed E-state index contributed by atoms with van der Waals surface area (Å²) in [4.78, 5) is 18.2. The van der Waals surface area contributed by atoms with Crippen molar-refractivity contribution in [3.8, 4) is 0 Å². The van der Waals surface area contributed by atoms with Crippen LogP contribution in [0, 0.1) is 0 Å². The molecule has 94 valence electrons. The Morgan fingerprint density at radius 2 is 2.12 bits per heavy atom. The first-order valence-corrected chi connectivity index (χ1v) is 8.36. The van der Waals surface area contributed by atoms with Gasteiger partial charge in [0.2, 0.25) is 0 Å². The molecule has 5 heteroatoms. The van der Waals surface area contributed by atoms with Crippen LogP contribution in [0.5, 0.6) is 0 Å². The molecule has 0 aromatic rings. The van der Waals surface area contributed by atoms with Crippen LogP contribution in [0.4, 0.5) is 0 Å². The van der Waals surface area contributed by atoms with E-state index in [-0.39, 0.29) is 5.91 Å². The fraction of sp³-hybridized carbons (Fsp3) is 0.750. The van der Waals surface area contributed by atoms with E-state index in [4.69, 9.17) is 0 Å². The zero-order valence-electron chi connectivity index (χ0n) is 10.3. The fourth-order valence-electron chi connectivity index (χ4n) is 2.77. The van der Waals surface area contributed by atoms with Crippen molar-refractivity contribution >= 4 is 29.4 Å². The quantitative estimate of drug-likeness (QED) is 0.722. The Labute approximate surface area is 111 Å². The number of carbonyl (C=O) groups is 1. The van der Waals surface area contributed by atoms with E-state index >= 15 is 0 Å². The van der Waals surface area contributed by atoms with Gasteiger partial charge in [-0.25, -0.2) is 0 Å². The number of hydrogen-bond donors (Lipinski definition) is 0. The molecule has 0 aliphatic carbocycles. The summed E-state index contributed by atoms with van der Waals surface area (Å²) in [7, 11) is 0. The monoisotopic (exact) mass is 270 g/mol. The average Bonchev–Trinajstić information content (AvgIpc) is 2.64. The van der Waals surface area contributed by atoms with Crippen LogP contribution in [-0.2, 0) is 4.79 Å². The highest BCUT2D eigenvalue weighted by molar-refractivity contribution is 8.03. The minimum atomic E-state index is 0.284. The Balaban J connectivity index is 1.97. The molecule has 0 radical (unpaired) electrons. The van der Waals surface area contributed by atoms with E-state index in [1.54, 1.807) is 0 Å². The predicted molar refractivity (Wildman–Crippen MR) is 74.2 cm³/mol. The van der Waals surface area contributed by atoms with Gasteiger partial charge in [-0.05, 0) is 13.8 Å². The van der Waals surface area contributed by atoms with Gasteiger partial charge in [0.25, 0.3) is 5.91 Å². The molecule has 1 amide bonds. The first kappa shape index (κ1) is 11.8. The lowest BCUT2D eigenvalue weighted by atomic mass is 10.2. The van der Waals surface area contributed by atoms with E-state index < -0.39 is 0 Å². The summed E-state index contributed by atoms with van der Waals surface area (Å²) < 4.78 is 0. The third-order valence-electron chi connectivity index (χ3n) is 3.63. The summed E-state index contributed by atoms with van der Waals surface area (Å²) in [5.74, 6) is 3.59. The van der Waals surface area contributed by atoms with Crippen molar-refractivity contribution in [3.05, 3.63) is 10.6 Å². The van der Waals surface area contributed by atoms with Crippen LogP contribution in [0.2, 0.25) is 0 Å². The Bertz CT molecular complexity index is 381. The van der Waals surface area contributed by atoms with Crippen LogP contribution < -0.4 is 0 Å². The first-order chi connectivity index (χ1) is 8.20. The molecule has 3 nitrogen and oxygen atoms in total. The second kappa shape index (κ2) is 4.43. The summed E-state index contributed by atoms with van der Waals surface area (Å²) in [5.41, 5.74) is 1.02. The molecule has 3 aliphatic rings. The molecule has 1 fully saturated rings. The van der Waals surface area contributed by atoms with E-state index in [1.165, 1.54) is 4.91 Å². The van der Waals surface area contributed by atoms with E-state index in [9.17, 15) is 4.79 Å². The molecule has 3 rings (SSSR count). The maximum Gasteiger partial charge on any atom is 0.271 e. The molecule has 0 bridgehead atoms. The summed E-state index contributed by atoms with van der Waals surface area (Å²) in [6.07, 6.45) is 0. The number of thioether (sulfide) groups is 2. The SMILES string of the molecule is CC(C)N1CCSC2=C1C(=O)N1CCSCC21. The van der Waals surface area contributed by atoms with E-state index in [2.05, 4.69) is 23.6 Å². The maximum atomic E-state index is 12.5. The summed E-state index contributed by atoms with van der Waals surface area (Å²) in [6.45, 7) is 6.30. The van der Waals surface area contributed by atoms with Gasteiger partial charge >= 0.3 is 0 Å². The highest BCUT2D eigenvalue weighted by atomic mass is 32.2. The molecule has 1 unspecified atom stereocenters. The number of nitrogens with zero attached hydrogens (tertiary/aromatic N) is 2. The molecule has 0 N–H and O–H groups in total. The Kier molecular flexibility index (Phi) is 3.07. The van der Waals surface area contributed by atoms with Gasteiger partial charge in [-0.1, -0.05) is 0 Å². The number of amides is 1. The molecule has 0 aromatic heterocycles. The number of carbonyl (C=O) groups excluding carboxylic acids is 1. The molecule has 0 aromatic carbocycles. The van der Waals surface area contributed by atoms with Crippen LogP contribution in [0.3, 0.4) is 0 Å². The van der Waals surface area contributed by atoms with E-state index in [0.29, 0.717) is 12.1 Å². The van der Waals surface area contributed by atoms with Crippen LogP contribution in [0.25, 0.3) is 0 Å². The van der Waals surface area contributed by atoms with Crippen LogP contribution in [-0.4, -0.2) is 58.1 Å². The highest BCUT2D eigenvalue weighted by Gasteiger charge is 2.44. The lowest BCUT2D eigenvalue weighted by Gasteiger charge is -2.32. The van der Waals surface area contributed by atoms with Gasteiger partial charge in [-0.3, -0.25) is 4.79 Å². The number of rotatable bonds is 1. The van der Waals surface area contributed by atoms with Crippen molar-refractivity contribution in [3.63, 3.8) is 0 Å². The topological polar surface area (TPSA) is 23.6 Å². The van der Waals surface area contributed by atoms with Crippen molar-refractivity contribution in [2.24, 2.45) is 0 Å². The van der Waals surface area contributed by atoms with Gasteiger partial charge < -0.3 is 9.80 Å². The molecule has 17 heavy (non-hydrogen) atoms. The molecule has 3 heterocycles. The van der Waals surface area contributed by atoms with E-state index in [1.807, 2.05) is 23.5 Å². The van der Waals surface area contributed by atoms with E-state index in [0.717, 1.165) is 36.0 Å². The predicted octanol–water partition coefficient (Wildman–Crippen LogP) is 1.61. The lowest BCUT2D eigenvalue weighted by Crippen LogP contribution is -2.43. The van der Waals surface area contributed by atoms with Gasteiger partial charge in [0.1, 0.15) is 5.70 Å². The van der Waals surface area contributed by atoms with Gasteiger partial charge in [0.05, 0.1) is 6.04 Å². The molecule has 1 atom stereocenters. The zero-order valence-corrected chi connectivity index (χ0v) is 11.9. The van der Waals surface area contributed by atoms with Crippen molar-refractivity contribution in [1.82, 2.24) is 9.80 Å². The standard InChI is InChI=1S/C12H18N2OS2/c1-8(2)13-4-6-17-11-9-7-16-5-3-14(9)12(15)10(11)13/h8-9H,3-7H2,1-2H3. The Hall–Kier alpha value is -0.290.